The van der Waals surface area contributed by atoms with Gasteiger partial charge in [-0.2, -0.15) is 0 Å². The van der Waals surface area contributed by atoms with E-state index in [2.05, 4.69) is 25.0 Å². The summed E-state index contributed by atoms with van der Waals surface area (Å²) in [5.41, 5.74) is 1.13. The minimum Gasteiger partial charge on any atom is -0.350 e. The largest absolute Gasteiger partial charge is 0.350 e. The van der Waals surface area contributed by atoms with Gasteiger partial charge in [-0.1, -0.05) is 30.3 Å². The van der Waals surface area contributed by atoms with E-state index in [0.717, 1.165) is 37.6 Å². The van der Waals surface area contributed by atoms with Crippen LogP contribution in [-0.2, 0) is 17.9 Å². The Bertz CT molecular complexity index is 738. The Kier molecular flexibility index (Phi) is 4.53. The zero-order chi connectivity index (χ0) is 17.2. The summed E-state index contributed by atoms with van der Waals surface area (Å²) in [5, 5.41) is 11.8. The van der Waals surface area contributed by atoms with Gasteiger partial charge in [0.05, 0.1) is 12.6 Å². The number of amides is 1. The maximum atomic E-state index is 12.2. The molecule has 1 saturated carbocycles. The molecule has 0 radical (unpaired) electrons. The molecule has 2 aromatic rings. The zero-order valence-corrected chi connectivity index (χ0v) is 14.7. The molecule has 1 aliphatic carbocycles. The summed E-state index contributed by atoms with van der Waals surface area (Å²) in [4.78, 5) is 14.5. The first-order valence-electron chi connectivity index (χ1n) is 9.19. The van der Waals surface area contributed by atoms with Crippen molar-refractivity contribution in [3.8, 4) is 0 Å². The highest BCUT2D eigenvalue weighted by atomic mass is 16.1. The van der Waals surface area contributed by atoms with Gasteiger partial charge in [0, 0.05) is 32.0 Å². The van der Waals surface area contributed by atoms with Crippen LogP contribution in [0.3, 0.4) is 0 Å². The van der Waals surface area contributed by atoms with Gasteiger partial charge in [-0.3, -0.25) is 9.69 Å². The normalized spacial score (nSPS) is 18.6. The number of nitrogens with zero attached hydrogens (tertiary/aromatic N) is 4. The number of hydrogen-bond acceptors (Lipinski definition) is 4. The fourth-order valence-corrected chi connectivity index (χ4v) is 3.46. The van der Waals surface area contributed by atoms with E-state index in [1.165, 1.54) is 18.7 Å². The monoisotopic (exact) mass is 339 g/mol. The molecule has 2 heterocycles. The number of rotatable bonds is 6. The summed E-state index contributed by atoms with van der Waals surface area (Å²) in [6.45, 7) is 5.48. The summed E-state index contributed by atoms with van der Waals surface area (Å²) in [7, 11) is 0. The van der Waals surface area contributed by atoms with Gasteiger partial charge in [0.2, 0.25) is 5.91 Å². The SMILES string of the molecule is C[C@H](NC(=O)CCN1CCn2c(nnc2C2CC2)C1)c1ccccc1. The zero-order valence-electron chi connectivity index (χ0n) is 14.7. The second-order valence-corrected chi connectivity index (χ2v) is 7.13. The first-order valence-corrected chi connectivity index (χ1v) is 9.19. The number of hydrogen-bond donors (Lipinski definition) is 1. The van der Waals surface area contributed by atoms with Gasteiger partial charge in [-0.05, 0) is 25.3 Å². The molecule has 1 N–H and O–H groups in total. The third kappa shape index (κ3) is 3.74. The molecule has 1 fully saturated rings. The van der Waals surface area contributed by atoms with E-state index in [9.17, 15) is 4.79 Å². The molecule has 0 unspecified atom stereocenters. The average molecular weight is 339 g/mol. The Balaban J connectivity index is 1.26. The van der Waals surface area contributed by atoms with Crippen molar-refractivity contribution >= 4 is 5.91 Å². The lowest BCUT2D eigenvalue weighted by Crippen LogP contribution is -2.37. The van der Waals surface area contributed by atoms with Crippen LogP contribution in [0.2, 0.25) is 0 Å². The van der Waals surface area contributed by atoms with Crippen molar-refractivity contribution in [2.45, 2.75) is 51.2 Å². The average Bonchev–Trinajstić information content (AvgIpc) is 3.40. The summed E-state index contributed by atoms with van der Waals surface area (Å²) >= 11 is 0. The second-order valence-electron chi connectivity index (χ2n) is 7.13. The van der Waals surface area contributed by atoms with Crippen molar-refractivity contribution in [3.63, 3.8) is 0 Å². The molecule has 0 saturated heterocycles. The molecule has 1 aromatic heterocycles. The molecule has 4 rings (SSSR count). The molecule has 0 spiro atoms. The number of aromatic nitrogens is 3. The third-order valence-corrected chi connectivity index (χ3v) is 5.14. The lowest BCUT2D eigenvalue weighted by atomic mass is 10.1. The molecule has 6 nitrogen and oxygen atoms in total. The fourth-order valence-electron chi connectivity index (χ4n) is 3.46. The smallest absolute Gasteiger partial charge is 0.221 e. The van der Waals surface area contributed by atoms with Crippen molar-refractivity contribution < 1.29 is 4.79 Å². The lowest BCUT2D eigenvalue weighted by molar-refractivity contribution is -0.122. The summed E-state index contributed by atoms with van der Waals surface area (Å²) < 4.78 is 2.28. The highest BCUT2D eigenvalue weighted by Gasteiger charge is 2.32. The molecule has 132 valence electrons. The molecule has 1 aromatic carbocycles. The summed E-state index contributed by atoms with van der Waals surface area (Å²) in [6, 6.07) is 10.1. The van der Waals surface area contributed by atoms with Gasteiger partial charge in [-0.15, -0.1) is 10.2 Å². The number of nitrogens with one attached hydrogen (secondary N) is 1. The van der Waals surface area contributed by atoms with Crippen molar-refractivity contribution in [2.75, 3.05) is 13.1 Å². The van der Waals surface area contributed by atoms with Crippen LogP contribution in [0.1, 0.15) is 55.4 Å². The first kappa shape index (κ1) is 16.3. The quantitative estimate of drug-likeness (QED) is 0.877. The van der Waals surface area contributed by atoms with Gasteiger partial charge in [-0.25, -0.2) is 0 Å². The van der Waals surface area contributed by atoms with E-state index in [1.54, 1.807) is 0 Å². The van der Waals surface area contributed by atoms with Gasteiger partial charge >= 0.3 is 0 Å². The minimum atomic E-state index is 0.0410. The summed E-state index contributed by atoms with van der Waals surface area (Å²) in [5.74, 6) is 2.95. The highest BCUT2D eigenvalue weighted by Crippen LogP contribution is 2.39. The number of benzene rings is 1. The molecule has 2 aliphatic rings. The standard InChI is InChI=1S/C19H25N5O/c1-14(15-5-3-2-4-6-15)20-18(25)9-10-23-11-12-24-17(13-23)21-22-19(24)16-7-8-16/h2-6,14,16H,7-13H2,1H3,(H,20,25)/t14-/m0/s1. The van der Waals surface area contributed by atoms with Crippen molar-refractivity contribution in [1.29, 1.82) is 0 Å². The second kappa shape index (κ2) is 6.96. The first-order chi connectivity index (χ1) is 12.2. The van der Waals surface area contributed by atoms with Crippen LogP contribution in [-0.4, -0.2) is 38.7 Å². The Hall–Kier alpha value is -2.21. The molecule has 6 heteroatoms. The van der Waals surface area contributed by atoms with Crippen molar-refractivity contribution in [3.05, 3.63) is 47.5 Å². The van der Waals surface area contributed by atoms with E-state index in [-0.39, 0.29) is 11.9 Å². The van der Waals surface area contributed by atoms with Crippen LogP contribution < -0.4 is 5.32 Å². The van der Waals surface area contributed by atoms with Crippen LogP contribution in [0.5, 0.6) is 0 Å². The molecule has 0 bridgehead atoms. The Morgan fingerprint density at radius 2 is 2.04 bits per heavy atom. The van der Waals surface area contributed by atoms with Crippen LogP contribution in [0.15, 0.2) is 30.3 Å². The predicted octanol–water partition coefficient (Wildman–Crippen LogP) is 2.24. The van der Waals surface area contributed by atoms with Gasteiger partial charge in [0.15, 0.2) is 0 Å². The molecule has 1 amide bonds. The van der Waals surface area contributed by atoms with E-state index >= 15 is 0 Å². The molecule has 1 aliphatic heterocycles. The predicted molar refractivity (Wildman–Crippen MR) is 94.9 cm³/mol. The number of carbonyl (C=O) groups excluding carboxylic acids is 1. The van der Waals surface area contributed by atoms with E-state index in [4.69, 9.17) is 0 Å². The Morgan fingerprint density at radius 3 is 2.80 bits per heavy atom. The van der Waals surface area contributed by atoms with E-state index < -0.39 is 0 Å². The van der Waals surface area contributed by atoms with E-state index in [1.807, 2.05) is 37.3 Å². The van der Waals surface area contributed by atoms with Gasteiger partial charge in [0.1, 0.15) is 11.6 Å². The lowest BCUT2D eigenvalue weighted by Gasteiger charge is -2.27. The number of carbonyl (C=O) groups is 1. The molecule has 1 atom stereocenters. The maximum Gasteiger partial charge on any atom is 0.221 e. The minimum absolute atomic E-state index is 0.0410. The fraction of sp³-hybridized carbons (Fsp3) is 0.526. The van der Waals surface area contributed by atoms with Crippen LogP contribution >= 0.6 is 0 Å². The van der Waals surface area contributed by atoms with Crippen molar-refractivity contribution in [1.82, 2.24) is 25.0 Å². The third-order valence-electron chi connectivity index (χ3n) is 5.14. The number of fused-ring (bicyclic) bond motifs is 1. The Morgan fingerprint density at radius 1 is 1.24 bits per heavy atom. The van der Waals surface area contributed by atoms with Crippen molar-refractivity contribution in [2.24, 2.45) is 0 Å². The molecule has 25 heavy (non-hydrogen) atoms. The van der Waals surface area contributed by atoms with Gasteiger partial charge in [0.25, 0.3) is 0 Å². The highest BCUT2D eigenvalue weighted by molar-refractivity contribution is 5.76. The van der Waals surface area contributed by atoms with Crippen LogP contribution in [0.25, 0.3) is 0 Å². The maximum absolute atomic E-state index is 12.2. The van der Waals surface area contributed by atoms with E-state index in [0.29, 0.717) is 12.3 Å². The molecular weight excluding hydrogens is 314 g/mol. The summed E-state index contributed by atoms with van der Waals surface area (Å²) in [6.07, 6.45) is 3.02. The molecular formula is C19H25N5O. The topological polar surface area (TPSA) is 63.1 Å². The van der Waals surface area contributed by atoms with Crippen LogP contribution in [0.4, 0.5) is 0 Å². The van der Waals surface area contributed by atoms with Gasteiger partial charge < -0.3 is 9.88 Å². The van der Waals surface area contributed by atoms with Crippen LogP contribution in [0, 0.1) is 0 Å². The Labute approximate surface area is 148 Å².